The molecule has 0 heterocycles. The molecule has 0 atom stereocenters. The van der Waals surface area contributed by atoms with Crippen LogP contribution in [0.15, 0.2) is 53.4 Å². The smallest absolute Gasteiger partial charge is 0.238 e. The third-order valence-corrected chi connectivity index (χ3v) is 4.80. The van der Waals surface area contributed by atoms with E-state index in [0.29, 0.717) is 6.54 Å². The Bertz CT molecular complexity index is 687. The largest absolute Gasteiger partial charge is 0.325 e. The number of thioether (sulfide) groups is 1. The number of carbonyl (C=O) groups is 1. The quantitative estimate of drug-likeness (QED) is 0.756. The van der Waals surface area contributed by atoms with E-state index in [4.69, 9.17) is 0 Å². The van der Waals surface area contributed by atoms with Gasteiger partial charge in [0.1, 0.15) is 0 Å². The molecule has 0 fully saturated rings. The van der Waals surface area contributed by atoms with E-state index in [2.05, 4.69) is 68.7 Å². The molecule has 0 saturated carbocycles. The molecule has 0 spiro atoms. The highest BCUT2D eigenvalue weighted by atomic mass is 32.2. The molecular weight excluding hydrogens is 328 g/mol. The fraction of sp³-hybridized carbons (Fsp3) is 0.381. The van der Waals surface area contributed by atoms with Gasteiger partial charge in [0.25, 0.3) is 0 Å². The van der Waals surface area contributed by atoms with Crippen LogP contribution in [-0.2, 0) is 16.8 Å². The van der Waals surface area contributed by atoms with Crippen molar-refractivity contribution in [3.63, 3.8) is 0 Å². The number of amides is 1. The van der Waals surface area contributed by atoms with E-state index >= 15 is 0 Å². The van der Waals surface area contributed by atoms with Crippen LogP contribution < -0.4 is 5.32 Å². The molecular formula is C21H28N2OS. The third kappa shape index (κ3) is 6.22. The Labute approximate surface area is 155 Å². The van der Waals surface area contributed by atoms with Crippen molar-refractivity contribution in [1.29, 1.82) is 0 Å². The van der Waals surface area contributed by atoms with Gasteiger partial charge in [0.05, 0.1) is 6.54 Å². The van der Waals surface area contributed by atoms with Crippen molar-refractivity contribution in [2.45, 2.75) is 37.6 Å². The molecule has 0 saturated heterocycles. The van der Waals surface area contributed by atoms with Gasteiger partial charge < -0.3 is 5.32 Å². The highest BCUT2D eigenvalue weighted by molar-refractivity contribution is 7.98. The number of anilines is 1. The second kappa shape index (κ2) is 8.54. The number of hydrogen-bond donors (Lipinski definition) is 1. The molecule has 4 heteroatoms. The summed E-state index contributed by atoms with van der Waals surface area (Å²) in [6.07, 6.45) is 2.07. The van der Waals surface area contributed by atoms with Gasteiger partial charge in [-0.25, -0.2) is 0 Å². The van der Waals surface area contributed by atoms with E-state index in [0.717, 1.165) is 12.2 Å². The van der Waals surface area contributed by atoms with Crippen LogP contribution in [0, 0.1) is 0 Å². The molecule has 0 radical (unpaired) electrons. The van der Waals surface area contributed by atoms with Crippen LogP contribution in [-0.4, -0.2) is 30.7 Å². The van der Waals surface area contributed by atoms with E-state index < -0.39 is 0 Å². The van der Waals surface area contributed by atoms with Gasteiger partial charge in [0, 0.05) is 17.1 Å². The summed E-state index contributed by atoms with van der Waals surface area (Å²) in [5, 5.41) is 2.97. The maximum Gasteiger partial charge on any atom is 0.238 e. The summed E-state index contributed by atoms with van der Waals surface area (Å²) in [5.41, 5.74) is 3.43. The number of benzene rings is 2. The van der Waals surface area contributed by atoms with Gasteiger partial charge in [-0.15, -0.1) is 11.8 Å². The average Bonchev–Trinajstić information content (AvgIpc) is 2.55. The third-order valence-electron chi connectivity index (χ3n) is 4.06. The lowest BCUT2D eigenvalue weighted by Gasteiger charge is -2.20. The number of hydrogen-bond acceptors (Lipinski definition) is 3. The molecule has 0 bridgehead atoms. The fourth-order valence-corrected chi connectivity index (χ4v) is 3.01. The molecule has 2 aromatic rings. The molecule has 2 aromatic carbocycles. The summed E-state index contributed by atoms with van der Waals surface area (Å²) in [7, 11) is 1.96. The highest BCUT2D eigenvalue weighted by Gasteiger charge is 2.13. The SMILES string of the molecule is CSc1ccc(CN(C)CC(=O)Nc2ccc(C(C)(C)C)cc2)cc1. The van der Waals surface area contributed by atoms with E-state index in [-0.39, 0.29) is 11.3 Å². The van der Waals surface area contributed by atoms with Crippen molar-refractivity contribution in [3.8, 4) is 0 Å². The predicted molar refractivity (Wildman–Crippen MR) is 108 cm³/mol. The minimum absolute atomic E-state index is 0.00624. The van der Waals surface area contributed by atoms with Crippen LogP contribution >= 0.6 is 11.8 Å². The zero-order valence-electron chi connectivity index (χ0n) is 15.8. The van der Waals surface area contributed by atoms with Crippen LogP contribution in [0.5, 0.6) is 0 Å². The Morgan fingerprint density at radius 1 is 1.04 bits per heavy atom. The molecule has 3 nitrogen and oxygen atoms in total. The summed E-state index contributed by atoms with van der Waals surface area (Å²) in [5.74, 6) is 0.00624. The predicted octanol–water partition coefficient (Wildman–Crippen LogP) is 4.78. The first-order valence-corrected chi connectivity index (χ1v) is 9.72. The minimum atomic E-state index is 0.00624. The van der Waals surface area contributed by atoms with Crippen molar-refractivity contribution in [3.05, 3.63) is 59.7 Å². The number of likely N-dealkylation sites (N-methyl/N-ethyl adjacent to an activating group) is 1. The molecule has 0 aromatic heterocycles. The summed E-state index contributed by atoms with van der Waals surface area (Å²) in [6.45, 7) is 7.67. The van der Waals surface area contributed by atoms with Gasteiger partial charge >= 0.3 is 0 Å². The average molecular weight is 357 g/mol. The van der Waals surface area contributed by atoms with Crippen molar-refractivity contribution >= 4 is 23.4 Å². The molecule has 2 rings (SSSR count). The molecule has 134 valence electrons. The number of rotatable bonds is 6. The van der Waals surface area contributed by atoms with E-state index in [1.165, 1.54) is 16.0 Å². The first-order valence-electron chi connectivity index (χ1n) is 8.50. The van der Waals surface area contributed by atoms with E-state index in [9.17, 15) is 4.79 Å². The van der Waals surface area contributed by atoms with E-state index in [1.807, 2.05) is 24.1 Å². The molecule has 25 heavy (non-hydrogen) atoms. The van der Waals surface area contributed by atoms with Gasteiger partial charge in [0.2, 0.25) is 5.91 Å². The second-order valence-corrected chi connectivity index (χ2v) is 8.28. The van der Waals surface area contributed by atoms with Crippen LogP contribution in [0.3, 0.4) is 0 Å². The summed E-state index contributed by atoms with van der Waals surface area (Å²) in [4.78, 5) is 15.5. The first-order chi connectivity index (χ1) is 11.8. The Morgan fingerprint density at radius 3 is 2.16 bits per heavy atom. The normalized spacial score (nSPS) is 11.6. The number of carbonyl (C=O) groups excluding carboxylic acids is 1. The molecule has 0 aliphatic heterocycles. The lowest BCUT2D eigenvalue weighted by molar-refractivity contribution is -0.117. The molecule has 1 amide bonds. The zero-order valence-corrected chi connectivity index (χ0v) is 16.6. The van der Waals surface area contributed by atoms with Gasteiger partial charge in [0.15, 0.2) is 0 Å². The highest BCUT2D eigenvalue weighted by Crippen LogP contribution is 2.23. The second-order valence-electron chi connectivity index (χ2n) is 7.40. The van der Waals surface area contributed by atoms with Crippen LogP contribution in [0.2, 0.25) is 0 Å². The lowest BCUT2D eigenvalue weighted by Crippen LogP contribution is -2.29. The topological polar surface area (TPSA) is 32.3 Å². The Balaban J connectivity index is 1.86. The lowest BCUT2D eigenvalue weighted by atomic mass is 9.87. The Hall–Kier alpha value is -1.78. The monoisotopic (exact) mass is 356 g/mol. The summed E-state index contributed by atoms with van der Waals surface area (Å²) >= 11 is 1.73. The van der Waals surface area contributed by atoms with Crippen molar-refractivity contribution in [2.24, 2.45) is 0 Å². The standard InChI is InChI=1S/C21H28N2OS/c1-21(2,3)17-8-10-18(11-9-17)22-20(24)15-23(4)14-16-6-12-19(25-5)13-7-16/h6-13H,14-15H2,1-5H3,(H,22,24). The minimum Gasteiger partial charge on any atom is -0.325 e. The zero-order chi connectivity index (χ0) is 18.4. The summed E-state index contributed by atoms with van der Waals surface area (Å²) in [6, 6.07) is 16.6. The Kier molecular flexibility index (Phi) is 6.68. The maximum atomic E-state index is 12.2. The molecule has 0 aliphatic rings. The summed E-state index contributed by atoms with van der Waals surface area (Å²) < 4.78 is 0. The molecule has 1 N–H and O–H groups in total. The fourth-order valence-electron chi connectivity index (χ4n) is 2.60. The van der Waals surface area contributed by atoms with Gasteiger partial charge in [-0.2, -0.15) is 0 Å². The first kappa shape index (κ1) is 19.5. The number of nitrogens with one attached hydrogen (secondary N) is 1. The Morgan fingerprint density at radius 2 is 1.64 bits per heavy atom. The van der Waals surface area contributed by atoms with Crippen molar-refractivity contribution < 1.29 is 4.79 Å². The maximum absolute atomic E-state index is 12.2. The van der Waals surface area contributed by atoms with Crippen LogP contribution in [0.25, 0.3) is 0 Å². The number of nitrogens with zero attached hydrogens (tertiary/aromatic N) is 1. The van der Waals surface area contributed by atoms with Crippen LogP contribution in [0.4, 0.5) is 5.69 Å². The van der Waals surface area contributed by atoms with E-state index in [1.54, 1.807) is 11.8 Å². The van der Waals surface area contributed by atoms with Crippen molar-refractivity contribution in [2.75, 3.05) is 25.2 Å². The molecule has 0 aliphatic carbocycles. The van der Waals surface area contributed by atoms with Crippen molar-refractivity contribution in [1.82, 2.24) is 4.90 Å². The van der Waals surface area contributed by atoms with Gasteiger partial charge in [-0.05, 0) is 54.1 Å². The molecule has 0 unspecified atom stereocenters. The van der Waals surface area contributed by atoms with Gasteiger partial charge in [-0.1, -0.05) is 45.0 Å². The van der Waals surface area contributed by atoms with Crippen LogP contribution in [0.1, 0.15) is 31.9 Å². The van der Waals surface area contributed by atoms with Gasteiger partial charge in [-0.3, -0.25) is 9.69 Å².